The fourth-order valence-corrected chi connectivity index (χ4v) is 5.88. The lowest BCUT2D eigenvalue weighted by molar-refractivity contribution is -0.104. The van der Waals surface area contributed by atoms with Gasteiger partial charge >= 0.3 is 0 Å². The fourth-order valence-electron chi connectivity index (χ4n) is 5.10. The Morgan fingerprint density at radius 2 is 2.13 bits per heavy atom. The molecule has 1 unspecified atom stereocenters. The van der Waals surface area contributed by atoms with Gasteiger partial charge in [-0.25, -0.2) is 0 Å². The Hall–Kier alpha value is -1.87. The van der Waals surface area contributed by atoms with Crippen molar-refractivity contribution in [2.45, 2.75) is 69.4 Å². The zero-order valence-electron chi connectivity index (χ0n) is 17.9. The van der Waals surface area contributed by atoms with Crippen molar-refractivity contribution in [1.82, 2.24) is 10.3 Å². The van der Waals surface area contributed by atoms with Gasteiger partial charge in [-0.15, -0.1) is 17.3 Å². The van der Waals surface area contributed by atoms with Crippen molar-refractivity contribution < 1.29 is 9.47 Å². The molecule has 1 saturated carbocycles. The number of nitrogens with one attached hydrogen (secondary N) is 1. The topological polar surface area (TPSA) is 43.4 Å². The van der Waals surface area contributed by atoms with Crippen LogP contribution in [0.2, 0.25) is 0 Å². The largest absolute Gasteiger partial charge is 0.480 e. The maximum absolute atomic E-state index is 6.36. The molecule has 1 aliphatic carbocycles. The Labute approximate surface area is 184 Å². The number of pyridine rings is 1. The van der Waals surface area contributed by atoms with Crippen LogP contribution in [-0.4, -0.2) is 30.3 Å². The molecule has 1 atom stereocenters. The van der Waals surface area contributed by atoms with Crippen LogP contribution >= 0.6 is 11.3 Å². The standard InChI is InChI=1S/C25H32N2O2S/c1-2-3-16-28-21-9-18-30-22(21)19-26-15-12-24(23-8-4-7-14-27-23)13-17-29-25(20-24)10-5-6-11-25/h4,7-9,14,18,26H,5-6,10-13,15-17,19-20H2,1H3. The molecule has 160 valence electrons. The van der Waals surface area contributed by atoms with Crippen molar-refractivity contribution in [1.29, 1.82) is 0 Å². The van der Waals surface area contributed by atoms with Gasteiger partial charge in [-0.3, -0.25) is 4.98 Å². The summed E-state index contributed by atoms with van der Waals surface area (Å²) in [5, 5.41) is 5.75. The summed E-state index contributed by atoms with van der Waals surface area (Å²) >= 11 is 1.74. The molecule has 1 saturated heterocycles. The summed E-state index contributed by atoms with van der Waals surface area (Å²) < 4.78 is 12.1. The van der Waals surface area contributed by atoms with Gasteiger partial charge in [0.25, 0.3) is 0 Å². The highest BCUT2D eigenvalue weighted by Crippen LogP contribution is 2.49. The molecule has 0 aromatic carbocycles. The summed E-state index contributed by atoms with van der Waals surface area (Å²) in [5.74, 6) is 6.79. The molecular formula is C25H32N2O2S. The van der Waals surface area contributed by atoms with Crippen LogP contribution in [0.4, 0.5) is 0 Å². The van der Waals surface area contributed by atoms with Gasteiger partial charge in [0, 0.05) is 30.5 Å². The molecule has 0 radical (unpaired) electrons. The molecule has 4 rings (SSSR count). The zero-order chi connectivity index (χ0) is 20.7. The quantitative estimate of drug-likeness (QED) is 0.474. The van der Waals surface area contributed by atoms with Crippen molar-refractivity contribution in [3.8, 4) is 17.6 Å². The minimum atomic E-state index is 0.0743. The number of ether oxygens (including phenoxy) is 2. The fraction of sp³-hybridized carbons (Fsp3) is 0.560. The van der Waals surface area contributed by atoms with Crippen LogP contribution in [0.3, 0.4) is 0 Å². The van der Waals surface area contributed by atoms with Gasteiger partial charge in [-0.2, -0.15) is 0 Å². The third-order valence-corrected chi connectivity index (χ3v) is 7.52. The summed E-state index contributed by atoms with van der Waals surface area (Å²) in [6.07, 6.45) is 10.2. The first kappa shape index (κ1) is 21.4. The number of nitrogens with zero attached hydrogens (tertiary/aromatic N) is 1. The third-order valence-electron chi connectivity index (χ3n) is 6.62. The highest BCUT2D eigenvalue weighted by Gasteiger charge is 2.48. The second-order valence-electron chi connectivity index (χ2n) is 8.51. The van der Waals surface area contributed by atoms with E-state index in [-0.39, 0.29) is 11.0 Å². The van der Waals surface area contributed by atoms with E-state index in [1.165, 1.54) is 36.3 Å². The van der Waals surface area contributed by atoms with Crippen molar-refractivity contribution in [3.05, 3.63) is 46.4 Å². The molecule has 1 N–H and O–H groups in total. The first-order valence-corrected chi connectivity index (χ1v) is 12.0. The Morgan fingerprint density at radius 3 is 2.93 bits per heavy atom. The maximum Gasteiger partial charge on any atom is 0.149 e. The molecule has 2 aromatic heterocycles. The van der Waals surface area contributed by atoms with Crippen LogP contribution < -0.4 is 10.1 Å². The molecule has 3 heterocycles. The number of rotatable bonds is 8. The summed E-state index contributed by atoms with van der Waals surface area (Å²) in [6, 6.07) is 8.40. The molecule has 0 bridgehead atoms. The number of aromatic nitrogens is 1. The Bertz CT molecular complexity index is 864. The average Bonchev–Trinajstić information content (AvgIpc) is 3.42. The van der Waals surface area contributed by atoms with E-state index < -0.39 is 0 Å². The van der Waals surface area contributed by atoms with E-state index in [0.29, 0.717) is 6.61 Å². The monoisotopic (exact) mass is 424 g/mol. The minimum Gasteiger partial charge on any atom is -0.480 e. The summed E-state index contributed by atoms with van der Waals surface area (Å²) in [5.41, 5.74) is 1.41. The molecule has 1 aliphatic heterocycles. The van der Waals surface area contributed by atoms with Crippen molar-refractivity contribution in [3.63, 3.8) is 0 Å². The molecule has 4 nitrogen and oxygen atoms in total. The lowest BCUT2D eigenvalue weighted by Gasteiger charge is -2.46. The van der Waals surface area contributed by atoms with E-state index in [0.717, 1.165) is 44.7 Å². The van der Waals surface area contributed by atoms with Gasteiger partial charge in [-0.05, 0) is 69.2 Å². The first-order chi connectivity index (χ1) is 14.8. The number of thiophene rings is 1. The summed E-state index contributed by atoms with van der Waals surface area (Å²) in [7, 11) is 0. The van der Waals surface area contributed by atoms with Crippen LogP contribution in [0.5, 0.6) is 5.75 Å². The van der Waals surface area contributed by atoms with Crippen LogP contribution in [0.1, 0.15) is 62.4 Å². The van der Waals surface area contributed by atoms with Crippen molar-refractivity contribution >= 4 is 11.3 Å². The van der Waals surface area contributed by atoms with Gasteiger partial charge in [0.05, 0.1) is 10.5 Å². The van der Waals surface area contributed by atoms with E-state index in [1.54, 1.807) is 11.3 Å². The molecule has 5 heteroatoms. The van der Waals surface area contributed by atoms with E-state index in [1.807, 2.05) is 25.3 Å². The molecule has 1 spiro atoms. The van der Waals surface area contributed by atoms with E-state index in [4.69, 9.17) is 14.5 Å². The third kappa shape index (κ3) is 4.88. The average molecular weight is 425 g/mol. The first-order valence-electron chi connectivity index (χ1n) is 11.1. The van der Waals surface area contributed by atoms with E-state index >= 15 is 0 Å². The van der Waals surface area contributed by atoms with Crippen LogP contribution in [0, 0.1) is 11.8 Å². The van der Waals surface area contributed by atoms with Crippen LogP contribution in [0.15, 0.2) is 35.8 Å². The maximum atomic E-state index is 6.36. The van der Waals surface area contributed by atoms with Gasteiger partial charge in [0.15, 0.2) is 0 Å². The smallest absolute Gasteiger partial charge is 0.149 e. The number of hydrogen-bond acceptors (Lipinski definition) is 5. The minimum absolute atomic E-state index is 0.0743. The zero-order valence-corrected chi connectivity index (χ0v) is 18.7. The molecule has 2 aliphatic rings. The van der Waals surface area contributed by atoms with Crippen LogP contribution in [0.25, 0.3) is 0 Å². The predicted molar refractivity (Wildman–Crippen MR) is 122 cm³/mol. The Kier molecular flexibility index (Phi) is 7.09. The van der Waals surface area contributed by atoms with Gasteiger partial charge in [-0.1, -0.05) is 24.8 Å². The molecule has 0 amide bonds. The number of hydrogen-bond donors (Lipinski definition) is 1. The lowest BCUT2D eigenvalue weighted by atomic mass is 9.68. The Balaban J connectivity index is 1.40. The van der Waals surface area contributed by atoms with Gasteiger partial charge < -0.3 is 14.8 Å². The second kappa shape index (κ2) is 9.96. The van der Waals surface area contributed by atoms with Crippen LogP contribution in [-0.2, 0) is 16.7 Å². The molecule has 2 fully saturated rings. The highest BCUT2D eigenvalue weighted by atomic mass is 32.1. The second-order valence-corrected chi connectivity index (χ2v) is 9.51. The predicted octanol–water partition coefficient (Wildman–Crippen LogP) is 5.09. The lowest BCUT2D eigenvalue weighted by Crippen LogP contribution is -2.47. The van der Waals surface area contributed by atoms with Crippen molar-refractivity contribution in [2.24, 2.45) is 0 Å². The molecule has 2 aromatic rings. The van der Waals surface area contributed by atoms with Gasteiger partial charge in [0.2, 0.25) is 0 Å². The highest BCUT2D eigenvalue weighted by molar-refractivity contribution is 7.10. The summed E-state index contributed by atoms with van der Waals surface area (Å²) in [4.78, 5) is 6.03. The summed E-state index contributed by atoms with van der Waals surface area (Å²) in [6.45, 7) is 4.91. The Morgan fingerprint density at radius 1 is 1.23 bits per heavy atom. The molecule has 30 heavy (non-hydrogen) atoms. The van der Waals surface area contributed by atoms with Gasteiger partial charge in [0.1, 0.15) is 12.4 Å². The van der Waals surface area contributed by atoms with Crippen molar-refractivity contribution in [2.75, 3.05) is 19.8 Å². The van der Waals surface area contributed by atoms with E-state index in [9.17, 15) is 0 Å². The molecular weight excluding hydrogens is 392 g/mol. The SMILES string of the molecule is CC#CCOc1ccsc1CNCCC1(c2ccccn2)CCOC2(CCCC2)C1. The van der Waals surface area contributed by atoms with E-state index in [2.05, 4.69) is 34.7 Å². The normalized spacial score (nSPS) is 22.6.